The molecular formula is C22H23N3O2. The molecule has 5 nitrogen and oxygen atoms in total. The molecule has 0 spiro atoms. The van der Waals surface area contributed by atoms with E-state index in [4.69, 9.17) is 9.84 Å². The van der Waals surface area contributed by atoms with Gasteiger partial charge >= 0.3 is 0 Å². The monoisotopic (exact) mass is 361 g/mol. The number of benzene rings is 2. The Morgan fingerprint density at radius 3 is 2.48 bits per heavy atom. The van der Waals surface area contributed by atoms with E-state index in [1.807, 2.05) is 60.8 Å². The number of rotatable bonds is 6. The standard InChI is InChI=1S/C22H23N3O2/c1-15(16-8-9-16)23-22(26)20-14-25(18-6-4-3-5-7-18)24-21(20)17-10-12-19(27-2)13-11-17/h3-7,10-16H,8-9H2,1-2H3,(H,23,26)/t15-/m1/s1. The van der Waals surface area contributed by atoms with Crippen molar-refractivity contribution < 1.29 is 9.53 Å². The number of para-hydroxylation sites is 1. The van der Waals surface area contributed by atoms with Gasteiger partial charge in [-0.25, -0.2) is 4.68 Å². The third kappa shape index (κ3) is 3.72. The van der Waals surface area contributed by atoms with Gasteiger partial charge in [-0.1, -0.05) is 18.2 Å². The SMILES string of the molecule is COc1ccc(-c2nn(-c3ccccc3)cc2C(=O)N[C@H](C)C2CC2)cc1. The number of ether oxygens (including phenoxy) is 1. The predicted molar refractivity (Wildman–Crippen MR) is 105 cm³/mol. The van der Waals surface area contributed by atoms with Crippen molar-refractivity contribution in [2.45, 2.75) is 25.8 Å². The lowest BCUT2D eigenvalue weighted by molar-refractivity contribution is 0.0936. The van der Waals surface area contributed by atoms with Crippen molar-refractivity contribution in [3.8, 4) is 22.7 Å². The Bertz CT molecular complexity index is 928. The van der Waals surface area contributed by atoms with Crippen LogP contribution in [0.25, 0.3) is 16.9 Å². The van der Waals surface area contributed by atoms with Gasteiger partial charge in [-0.2, -0.15) is 5.10 Å². The quantitative estimate of drug-likeness (QED) is 0.720. The molecule has 1 saturated carbocycles. The molecule has 1 fully saturated rings. The Labute approximate surface area is 159 Å². The Hall–Kier alpha value is -3.08. The molecule has 0 bridgehead atoms. The molecule has 1 N–H and O–H groups in total. The molecule has 1 heterocycles. The first-order chi connectivity index (χ1) is 13.2. The summed E-state index contributed by atoms with van der Waals surface area (Å²) in [6.07, 6.45) is 4.19. The molecular weight excluding hydrogens is 338 g/mol. The summed E-state index contributed by atoms with van der Waals surface area (Å²) in [6, 6.07) is 17.6. The van der Waals surface area contributed by atoms with Gasteiger partial charge in [0.25, 0.3) is 5.91 Å². The highest BCUT2D eigenvalue weighted by Crippen LogP contribution is 2.33. The largest absolute Gasteiger partial charge is 0.497 e. The van der Waals surface area contributed by atoms with Gasteiger partial charge in [0.15, 0.2) is 0 Å². The number of amides is 1. The molecule has 1 aliphatic carbocycles. The Morgan fingerprint density at radius 2 is 1.85 bits per heavy atom. The average Bonchev–Trinajstić information content (AvgIpc) is 3.47. The molecule has 3 aromatic rings. The highest BCUT2D eigenvalue weighted by Gasteiger charge is 2.30. The van der Waals surface area contributed by atoms with E-state index < -0.39 is 0 Å². The minimum atomic E-state index is -0.0811. The van der Waals surface area contributed by atoms with Crippen LogP contribution in [0.1, 0.15) is 30.1 Å². The van der Waals surface area contributed by atoms with E-state index in [1.165, 1.54) is 12.8 Å². The smallest absolute Gasteiger partial charge is 0.255 e. The second-order valence-corrected chi connectivity index (χ2v) is 7.00. The lowest BCUT2D eigenvalue weighted by atomic mass is 10.1. The maximum absolute atomic E-state index is 13.0. The molecule has 1 aromatic heterocycles. The summed E-state index contributed by atoms with van der Waals surface area (Å²) < 4.78 is 7.00. The maximum Gasteiger partial charge on any atom is 0.255 e. The van der Waals surface area contributed by atoms with Crippen molar-refractivity contribution in [1.82, 2.24) is 15.1 Å². The molecule has 0 radical (unpaired) electrons. The zero-order valence-corrected chi connectivity index (χ0v) is 15.6. The molecule has 138 valence electrons. The number of hydrogen-bond acceptors (Lipinski definition) is 3. The predicted octanol–water partition coefficient (Wildman–Crippen LogP) is 4.08. The molecule has 0 unspecified atom stereocenters. The summed E-state index contributed by atoms with van der Waals surface area (Å²) in [4.78, 5) is 13.0. The molecule has 0 aliphatic heterocycles. The zero-order chi connectivity index (χ0) is 18.8. The van der Waals surface area contributed by atoms with E-state index in [0.29, 0.717) is 17.2 Å². The molecule has 1 atom stereocenters. The minimum absolute atomic E-state index is 0.0811. The number of hydrogen-bond donors (Lipinski definition) is 1. The van der Waals surface area contributed by atoms with Crippen LogP contribution < -0.4 is 10.1 Å². The first-order valence-corrected chi connectivity index (χ1v) is 9.26. The Balaban J connectivity index is 1.72. The Morgan fingerprint density at radius 1 is 1.15 bits per heavy atom. The molecule has 27 heavy (non-hydrogen) atoms. The highest BCUT2D eigenvalue weighted by molar-refractivity contribution is 6.00. The van der Waals surface area contributed by atoms with Crippen molar-refractivity contribution in [1.29, 1.82) is 0 Å². The molecule has 1 aliphatic rings. The molecule has 0 saturated heterocycles. The van der Waals surface area contributed by atoms with Crippen molar-refractivity contribution >= 4 is 5.91 Å². The topological polar surface area (TPSA) is 56.2 Å². The van der Waals surface area contributed by atoms with E-state index in [9.17, 15) is 4.79 Å². The number of aromatic nitrogens is 2. The fourth-order valence-corrected chi connectivity index (χ4v) is 3.21. The number of methoxy groups -OCH3 is 1. The maximum atomic E-state index is 13.0. The van der Waals surface area contributed by atoms with E-state index in [-0.39, 0.29) is 11.9 Å². The second-order valence-electron chi connectivity index (χ2n) is 7.00. The van der Waals surface area contributed by atoms with Gasteiger partial charge in [0.2, 0.25) is 0 Å². The van der Waals surface area contributed by atoms with Crippen molar-refractivity contribution in [3.63, 3.8) is 0 Å². The summed E-state index contributed by atoms with van der Waals surface area (Å²) in [7, 11) is 1.64. The lowest BCUT2D eigenvalue weighted by Gasteiger charge is -2.12. The van der Waals surface area contributed by atoms with Gasteiger partial charge in [-0.3, -0.25) is 4.79 Å². The summed E-state index contributed by atoms with van der Waals surface area (Å²) >= 11 is 0. The van der Waals surface area contributed by atoms with Crippen LogP contribution >= 0.6 is 0 Å². The summed E-state index contributed by atoms with van der Waals surface area (Å²) in [6.45, 7) is 2.07. The van der Waals surface area contributed by atoms with Crippen LogP contribution in [0.15, 0.2) is 60.8 Å². The van der Waals surface area contributed by atoms with Crippen LogP contribution in [0, 0.1) is 5.92 Å². The summed E-state index contributed by atoms with van der Waals surface area (Å²) in [5.41, 5.74) is 3.05. The third-order valence-electron chi connectivity index (χ3n) is 5.03. The van der Waals surface area contributed by atoms with Crippen LogP contribution in [0.2, 0.25) is 0 Å². The molecule has 4 rings (SSSR count). The number of carbonyl (C=O) groups excluding carboxylic acids is 1. The van der Waals surface area contributed by atoms with Gasteiger partial charge in [0.05, 0.1) is 18.4 Å². The van der Waals surface area contributed by atoms with Crippen LogP contribution in [0.4, 0.5) is 0 Å². The molecule has 5 heteroatoms. The summed E-state index contributed by atoms with van der Waals surface area (Å²) in [5.74, 6) is 1.29. The number of carbonyl (C=O) groups is 1. The van der Waals surface area contributed by atoms with Crippen LogP contribution in [0.3, 0.4) is 0 Å². The van der Waals surface area contributed by atoms with E-state index in [1.54, 1.807) is 11.8 Å². The van der Waals surface area contributed by atoms with Crippen LogP contribution in [0.5, 0.6) is 5.75 Å². The fraction of sp³-hybridized carbons (Fsp3) is 0.273. The zero-order valence-electron chi connectivity index (χ0n) is 15.6. The van der Waals surface area contributed by atoms with Gasteiger partial charge in [0, 0.05) is 17.8 Å². The van der Waals surface area contributed by atoms with E-state index in [0.717, 1.165) is 17.0 Å². The summed E-state index contributed by atoms with van der Waals surface area (Å²) in [5, 5.41) is 7.85. The van der Waals surface area contributed by atoms with Gasteiger partial charge in [0.1, 0.15) is 11.4 Å². The first kappa shape index (κ1) is 17.3. The van der Waals surface area contributed by atoms with Crippen molar-refractivity contribution in [3.05, 3.63) is 66.4 Å². The molecule has 2 aromatic carbocycles. The fourth-order valence-electron chi connectivity index (χ4n) is 3.21. The Kier molecular flexibility index (Phi) is 4.67. The van der Waals surface area contributed by atoms with Crippen LogP contribution in [-0.4, -0.2) is 28.8 Å². The highest BCUT2D eigenvalue weighted by atomic mass is 16.5. The van der Waals surface area contributed by atoms with E-state index in [2.05, 4.69) is 12.2 Å². The normalized spacial score (nSPS) is 14.6. The number of nitrogens with one attached hydrogen (secondary N) is 1. The number of nitrogens with zero attached hydrogens (tertiary/aromatic N) is 2. The lowest BCUT2D eigenvalue weighted by Crippen LogP contribution is -2.34. The second kappa shape index (κ2) is 7.27. The van der Waals surface area contributed by atoms with E-state index >= 15 is 0 Å². The van der Waals surface area contributed by atoms with Gasteiger partial charge < -0.3 is 10.1 Å². The van der Waals surface area contributed by atoms with Crippen molar-refractivity contribution in [2.75, 3.05) is 7.11 Å². The minimum Gasteiger partial charge on any atom is -0.497 e. The van der Waals surface area contributed by atoms with Crippen LogP contribution in [-0.2, 0) is 0 Å². The first-order valence-electron chi connectivity index (χ1n) is 9.26. The molecule has 1 amide bonds. The van der Waals surface area contributed by atoms with Gasteiger partial charge in [-0.15, -0.1) is 0 Å². The van der Waals surface area contributed by atoms with Crippen molar-refractivity contribution in [2.24, 2.45) is 5.92 Å². The average molecular weight is 361 g/mol. The van der Waals surface area contributed by atoms with Gasteiger partial charge in [-0.05, 0) is 62.1 Å². The third-order valence-corrected chi connectivity index (χ3v) is 5.03.